The Bertz CT molecular complexity index is 763. The normalized spacial score (nSPS) is 17.8. The van der Waals surface area contributed by atoms with Crippen molar-refractivity contribution in [2.75, 3.05) is 25.0 Å². The summed E-state index contributed by atoms with van der Waals surface area (Å²) in [5, 5.41) is 6.41. The number of alkyl halides is 2. The van der Waals surface area contributed by atoms with E-state index in [2.05, 4.69) is 47.5 Å². The van der Waals surface area contributed by atoms with Crippen LogP contribution in [0.3, 0.4) is 0 Å². The van der Waals surface area contributed by atoms with Gasteiger partial charge >= 0.3 is 6.55 Å². The molecule has 2 heterocycles. The minimum Gasteiger partial charge on any atom is -0.368 e. The molecular weight excluding hydrogens is 406 g/mol. The van der Waals surface area contributed by atoms with Crippen LogP contribution in [0.4, 0.5) is 14.5 Å². The molecule has 1 saturated heterocycles. The Kier molecular flexibility index (Phi) is 6.08. The molecule has 3 rings (SSSR count). The van der Waals surface area contributed by atoms with Crippen molar-refractivity contribution in [2.45, 2.75) is 25.6 Å². The van der Waals surface area contributed by atoms with Crippen molar-refractivity contribution in [1.29, 1.82) is 0 Å². The minimum atomic E-state index is -2.60. The van der Waals surface area contributed by atoms with Gasteiger partial charge < -0.3 is 15.5 Å². The maximum atomic E-state index is 12.9. The highest BCUT2D eigenvalue weighted by molar-refractivity contribution is 9.10. The number of imidazole rings is 1. The summed E-state index contributed by atoms with van der Waals surface area (Å²) in [4.78, 5) is 10.4. The highest BCUT2D eigenvalue weighted by atomic mass is 79.9. The fourth-order valence-electron chi connectivity index (χ4n) is 3.01. The molecule has 2 aromatic rings. The number of hydrogen-bond acceptors (Lipinski definition) is 3. The van der Waals surface area contributed by atoms with Crippen LogP contribution in [0.2, 0.25) is 0 Å². The van der Waals surface area contributed by atoms with Gasteiger partial charge in [0.25, 0.3) is 0 Å². The van der Waals surface area contributed by atoms with E-state index in [4.69, 9.17) is 0 Å². The van der Waals surface area contributed by atoms with Crippen LogP contribution in [-0.4, -0.2) is 41.7 Å². The van der Waals surface area contributed by atoms with Crippen molar-refractivity contribution in [3.63, 3.8) is 0 Å². The average molecular weight is 427 g/mol. The molecule has 0 aliphatic carbocycles. The molecule has 0 bridgehead atoms. The number of guanidine groups is 1. The summed E-state index contributed by atoms with van der Waals surface area (Å²) in [7, 11) is 1.66. The van der Waals surface area contributed by atoms with E-state index in [1.165, 1.54) is 18.1 Å². The van der Waals surface area contributed by atoms with E-state index in [1.54, 1.807) is 7.05 Å². The molecule has 6 nitrogen and oxygen atoms in total. The van der Waals surface area contributed by atoms with E-state index in [0.29, 0.717) is 5.96 Å². The van der Waals surface area contributed by atoms with Crippen LogP contribution in [0, 0.1) is 0 Å². The number of anilines is 1. The summed E-state index contributed by atoms with van der Waals surface area (Å²) in [5.74, 6) is 0.844. The quantitative estimate of drug-likeness (QED) is 0.569. The smallest absolute Gasteiger partial charge is 0.319 e. The van der Waals surface area contributed by atoms with Crippen LogP contribution in [-0.2, 0) is 6.54 Å². The third kappa shape index (κ3) is 4.32. The van der Waals surface area contributed by atoms with Crippen molar-refractivity contribution >= 4 is 27.6 Å². The molecule has 1 aliphatic rings. The van der Waals surface area contributed by atoms with Gasteiger partial charge in [-0.3, -0.25) is 9.56 Å². The Morgan fingerprint density at radius 2 is 2.23 bits per heavy atom. The second-order valence-electron chi connectivity index (χ2n) is 5.98. The first-order valence-corrected chi connectivity index (χ1v) is 9.14. The van der Waals surface area contributed by atoms with Gasteiger partial charge in [-0.05, 0) is 34.5 Å². The van der Waals surface area contributed by atoms with Crippen molar-refractivity contribution in [3.05, 3.63) is 47.0 Å². The van der Waals surface area contributed by atoms with Gasteiger partial charge in [0.05, 0.1) is 12.2 Å². The molecule has 1 aromatic heterocycles. The van der Waals surface area contributed by atoms with Gasteiger partial charge in [0.1, 0.15) is 5.82 Å². The summed E-state index contributed by atoms with van der Waals surface area (Å²) >= 11 is 3.59. The van der Waals surface area contributed by atoms with E-state index in [0.717, 1.165) is 28.6 Å². The lowest BCUT2D eigenvalue weighted by Crippen LogP contribution is -2.44. The van der Waals surface area contributed by atoms with E-state index < -0.39 is 6.55 Å². The summed E-state index contributed by atoms with van der Waals surface area (Å²) in [6.07, 6.45) is 3.60. The van der Waals surface area contributed by atoms with E-state index in [1.807, 2.05) is 18.2 Å². The average Bonchev–Trinajstić information content (AvgIpc) is 3.28. The fourth-order valence-corrected chi connectivity index (χ4v) is 3.55. The lowest BCUT2D eigenvalue weighted by Gasteiger charge is -2.21. The van der Waals surface area contributed by atoms with Crippen molar-refractivity contribution in [3.8, 4) is 0 Å². The van der Waals surface area contributed by atoms with E-state index in [9.17, 15) is 8.78 Å². The SMILES string of the molecule is CN=C(NCc1nccn1C(F)F)NC1CCN(c2ccccc2Br)C1. The van der Waals surface area contributed by atoms with Gasteiger partial charge in [-0.2, -0.15) is 8.78 Å². The monoisotopic (exact) mass is 426 g/mol. The highest BCUT2D eigenvalue weighted by Gasteiger charge is 2.24. The molecule has 1 fully saturated rings. The van der Waals surface area contributed by atoms with Crippen LogP contribution in [0.5, 0.6) is 0 Å². The Morgan fingerprint density at radius 1 is 1.42 bits per heavy atom. The molecule has 0 radical (unpaired) electrons. The molecule has 2 N–H and O–H groups in total. The second-order valence-corrected chi connectivity index (χ2v) is 6.84. The van der Waals surface area contributed by atoms with E-state index in [-0.39, 0.29) is 18.4 Å². The largest absolute Gasteiger partial charge is 0.368 e. The number of para-hydroxylation sites is 1. The predicted molar refractivity (Wildman–Crippen MR) is 102 cm³/mol. The number of nitrogens with one attached hydrogen (secondary N) is 2. The number of halogens is 3. The van der Waals surface area contributed by atoms with Crippen LogP contribution in [0.15, 0.2) is 46.1 Å². The third-order valence-electron chi connectivity index (χ3n) is 4.32. The topological polar surface area (TPSA) is 57.5 Å². The summed E-state index contributed by atoms with van der Waals surface area (Å²) in [6.45, 7) is -0.642. The predicted octanol–water partition coefficient (Wildman–Crippen LogP) is 2.98. The zero-order chi connectivity index (χ0) is 18.5. The molecule has 1 unspecified atom stereocenters. The number of rotatable bonds is 5. The van der Waals surface area contributed by atoms with Crippen LogP contribution < -0.4 is 15.5 Å². The molecule has 0 amide bonds. The molecule has 140 valence electrons. The molecule has 1 atom stereocenters. The van der Waals surface area contributed by atoms with Gasteiger partial charge in [0.15, 0.2) is 5.96 Å². The Hall–Kier alpha value is -2.16. The molecule has 1 aliphatic heterocycles. The van der Waals surface area contributed by atoms with Gasteiger partial charge in [0.2, 0.25) is 0 Å². The Labute approximate surface area is 159 Å². The minimum absolute atomic E-state index is 0.178. The van der Waals surface area contributed by atoms with Crippen LogP contribution >= 0.6 is 15.9 Å². The molecule has 0 saturated carbocycles. The number of hydrogen-bond donors (Lipinski definition) is 2. The Balaban J connectivity index is 1.54. The van der Waals surface area contributed by atoms with E-state index >= 15 is 0 Å². The van der Waals surface area contributed by atoms with Crippen LogP contribution in [0.25, 0.3) is 0 Å². The van der Waals surface area contributed by atoms with Gasteiger partial charge in [0, 0.05) is 43.0 Å². The van der Waals surface area contributed by atoms with Crippen molar-refractivity contribution in [2.24, 2.45) is 4.99 Å². The molecule has 9 heteroatoms. The first-order chi connectivity index (χ1) is 12.6. The highest BCUT2D eigenvalue weighted by Crippen LogP contribution is 2.28. The maximum Gasteiger partial charge on any atom is 0.319 e. The summed E-state index contributed by atoms with van der Waals surface area (Å²) < 4.78 is 27.7. The number of benzene rings is 1. The maximum absolute atomic E-state index is 12.9. The fraction of sp³-hybridized carbons (Fsp3) is 0.412. The molecule has 26 heavy (non-hydrogen) atoms. The number of nitrogens with zero attached hydrogens (tertiary/aromatic N) is 4. The third-order valence-corrected chi connectivity index (χ3v) is 4.99. The zero-order valence-electron chi connectivity index (χ0n) is 14.4. The first kappa shape index (κ1) is 18.6. The second kappa shape index (κ2) is 8.48. The van der Waals surface area contributed by atoms with Gasteiger partial charge in [-0.15, -0.1) is 0 Å². The zero-order valence-corrected chi connectivity index (χ0v) is 16.0. The lowest BCUT2D eigenvalue weighted by atomic mass is 10.3. The van der Waals surface area contributed by atoms with Crippen LogP contribution in [0.1, 0.15) is 18.8 Å². The van der Waals surface area contributed by atoms with Crippen molar-refractivity contribution < 1.29 is 8.78 Å². The number of aromatic nitrogens is 2. The molecular formula is C17H21BrF2N6. The van der Waals surface area contributed by atoms with Crippen molar-refractivity contribution in [1.82, 2.24) is 20.2 Å². The number of aliphatic imine (C=N–C) groups is 1. The summed E-state index contributed by atoms with van der Waals surface area (Å²) in [5.41, 5.74) is 1.17. The Morgan fingerprint density at radius 3 is 2.96 bits per heavy atom. The first-order valence-electron chi connectivity index (χ1n) is 8.35. The summed E-state index contributed by atoms with van der Waals surface area (Å²) in [6, 6.07) is 8.36. The standard InChI is InChI=1S/C17H21BrF2N6/c1-21-17(23-10-15-22-7-9-26(15)16(19)20)24-12-6-8-25(11-12)14-5-3-2-4-13(14)18/h2-5,7,9,12,16H,6,8,10-11H2,1H3,(H2,21,23,24). The lowest BCUT2D eigenvalue weighted by molar-refractivity contribution is 0.0668. The molecule has 0 spiro atoms. The molecule has 1 aromatic carbocycles. The van der Waals surface area contributed by atoms with Gasteiger partial charge in [-0.1, -0.05) is 12.1 Å². The van der Waals surface area contributed by atoms with Gasteiger partial charge in [-0.25, -0.2) is 4.98 Å².